The van der Waals surface area contributed by atoms with Crippen molar-refractivity contribution in [2.24, 2.45) is 0 Å². The molecule has 2 aromatic carbocycles. The molecule has 32 heavy (non-hydrogen) atoms. The van der Waals surface area contributed by atoms with Crippen molar-refractivity contribution in [1.82, 2.24) is 0 Å². The van der Waals surface area contributed by atoms with Gasteiger partial charge in [-0.1, -0.05) is 119 Å². The van der Waals surface area contributed by atoms with Crippen LogP contribution in [0.1, 0.15) is 99.0 Å². The Morgan fingerprint density at radius 2 is 1.44 bits per heavy atom. The van der Waals surface area contributed by atoms with Gasteiger partial charge in [0.1, 0.15) is 0 Å². The average molecular weight is 451 g/mol. The molecule has 0 saturated heterocycles. The van der Waals surface area contributed by atoms with Gasteiger partial charge in [0, 0.05) is 10.8 Å². The van der Waals surface area contributed by atoms with E-state index in [1.54, 1.807) is 6.08 Å². The van der Waals surface area contributed by atoms with E-state index in [1.165, 1.54) is 76.2 Å². The fourth-order valence-electron chi connectivity index (χ4n) is 4.09. The topological polar surface area (TPSA) is 17.1 Å². The maximum Gasteiger partial charge on any atom is 0.185 e. The molecule has 0 aliphatic rings. The molecule has 1 nitrogen and oxygen atoms in total. The Kier molecular flexibility index (Phi) is 13.9. The van der Waals surface area contributed by atoms with Gasteiger partial charge >= 0.3 is 0 Å². The van der Waals surface area contributed by atoms with Gasteiger partial charge in [-0.25, -0.2) is 0 Å². The van der Waals surface area contributed by atoms with Crippen molar-refractivity contribution in [3.63, 3.8) is 0 Å². The van der Waals surface area contributed by atoms with Crippen LogP contribution in [0.2, 0.25) is 0 Å². The number of hydrogen-bond acceptors (Lipinski definition) is 2. The first-order valence-corrected chi connectivity index (χ1v) is 13.9. The zero-order chi connectivity index (χ0) is 22.9. The van der Waals surface area contributed by atoms with Crippen LogP contribution in [-0.2, 0) is 6.42 Å². The minimum atomic E-state index is 0.0632. The predicted molar refractivity (Wildman–Crippen MR) is 144 cm³/mol. The van der Waals surface area contributed by atoms with E-state index in [0.29, 0.717) is 0 Å². The molecule has 2 aromatic rings. The Balaban J connectivity index is 1.63. The SMILES string of the molecule is CCCCCCCCCCC(CCCc1ccc(C(=O)C=Cc2ccccc2)cc1)SC. The molecule has 0 fully saturated rings. The lowest BCUT2D eigenvalue weighted by atomic mass is 10.0. The molecule has 0 saturated carbocycles. The molecular weight excluding hydrogens is 408 g/mol. The van der Waals surface area contributed by atoms with E-state index in [1.807, 2.05) is 60.3 Å². The molecule has 0 aromatic heterocycles. The van der Waals surface area contributed by atoms with Gasteiger partial charge in [0.2, 0.25) is 0 Å². The van der Waals surface area contributed by atoms with Crippen LogP contribution >= 0.6 is 11.8 Å². The van der Waals surface area contributed by atoms with E-state index in [9.17, 15) is 4.79 Å². The zero-order valence-electron chi connectivity index (χ0n) is 20.2. The van der Waals surface area contributed by atoms with Crippen LogP contribution in [0, 0.1) is 0 Å². The van der Waals surface area contributed by atoms with Gasteiger partial charge in [-0.05, 0) is 49.1 Å². The summed E-state index contributed by atoms with van der Waals surface area (Å²) in [6.45, 7) is 2.28. The van der Waals surface area contributed by atoms with Gasteiger partial charge in [0.25, 0.3) is 0 Å². The summed E-state index contributed by atoms with van der Waals surface area (Å²) < 4.78 is 0. The lowest BCUT2D eigenvalue weighted by Gasteiger charge is -2.14. The van der Waals surface area contributed by atoms with Crippen LogP contribution in [0.25, 0.3) is 6.08 Å². The van der Waals surface area contributed by atoms with Crippen molar-refractivity contribution in [1.29, 1.82) is 0 Å². The maximum absolute atomic E-state index is 12.4. The average Bonchev–Trinajstić information content (AvgIpc) is 2.84. The Morgan fingerprint density at radius 3 is 2.09 bits per heavy atom. The summed E-state index contributed by atoms with van der Waals surface area (Å²) in [4.78, 5) is 12.4. The molecule has 0 aliphatic heterocycles. The minimum Gasteiger partial charge on any atom is -0.289 e. The van der Waals surface area contributed by atoms with E-state index in [0.717, 1.165) is 22.8 Å². The van der Waals surface area contributed by atoms with Crippen molar-refractivity contribution in [3.8, 4) is 0 Å². The maximum atomic E-state index is 12.4. The van der Waals surface area contributed by atoms with Gasteiger partial charge in [0.05, 0.1) is 0 Å². The molecule has 2 heteroatoms. The van der Waals surface area contributed by atoms with Crippen molar-refractivity contribution in [2.45, 2.75) is 89.2 Å². The summed E-state index contributed by atoms with van der Waals surface area (Å²) in [5.74, 6) is 0.0632. The van der Waals surface area contributed by atoms with E-state index < -0.39 is 0 Å². The fraction of sp³-hybridized carbons (Fsp3) is 0.500. The summed E-state index contributed by atoms with van der Waals surface area (Å²) in [5.41, 5.74) is 3.14. The second kappa shape index (κ2) is 16.8. The number of hydrogen-bond donors (Lipinski definition) is 0. The predicted octanol–water partition coefficient (Wildman–Crippen LogP) is 9.17. The summed E-state index contributed by atoms with van der Waals surface area (Å²) in [6, 6.07) is 18.1. The van der Waals surface area contributed by atoms with Crippen LogP contribution in [0.5, 0.6) is 0 Å². The molecule has 1 unspecified atom stereocenters. The van der Waals surface area contributed by atoms with Crippen molar-refractivity contribution < 1.29 is 4.79 Å². The van der Waals surface area contributed by atoms with Crippen LogP contribution < -0.4 is 0 Å². The number of benzene rings is 2. The van der Waals surface area contributed by atoms with Gasteiger partial charge < -0.3 is 0 Å². The molecule has 0 aliphatic carbocycles. The number of rotatable bonds is 17. The van der Waals surface area contributed by atoms with Crippen molar-refractivity contribution in [3.05, 3.63) is 77.4 Å². The first-order valence-electron chi connectivity index (χ1n) is 12.6. The van der Waals surface area contributed by atoms with Crippen molar-refractivity contribution in [2.75, 3.05) is 6.26 Å². The second-order valence-electron chi connectivity index (χ2n) is 8.82. The number of carbonyl (C=O) groups is 1. The molecule has 0 heterocycles. The van der Waals surface area contributed by atoms with Crippen LogP contribution in [0.3, 0.4) is 0 Å². The molecule has 0 spiro atoms. The van der Waals surface area contributed by atoms with Crippen LogP contribution in [0.4, 0.5) is 0 Å². The molecule has 174 valence electrons. The zero-order valence-corrected chi connectivity index (χ0v) is 21.0. The standard InChI is InChI=1S/C30H42OS/c1-3-4-5-6-7-8-9-13-18-29(32-2)19-14-17-27-20-23-28(24-21-27)30(31)25-22-26-15-11-10-12-16-26/h10-12,15-16,20-25,29H,3-9,13-14,17-19H2,1-2H3. The van der Waals surface area contributed by atoms with Gasteiger partial charge in [-0.2, -0.15) is 11.8 Å². The molecule has 0 radical (unpaired) electrons. The first kappa shape index (κ1) is 26.5. The second-order valence-corrected chi connectivity index (χ2v) is 9.96. The number of unbranched alkanes of at least 4 members (excludes halogenated alkanes) is 7. The third kappa shape index (κ3) is 11.2. The molecule has 0 amide bonds. The van der Waals surface area contributed by atoms with E-state index >= 15 is 0 Å². The highest BCUT2D eigenvalue weighted by molar-refractivity contribution is 7.99. The minimum absolute atomic E-state index is 0.0632. The third-order valence-corrected chi connectivity index (χ3v) is 7.31. The normalized spacial score (nSPS) is 12.3. The number of aryl methyl sites for hydroxylation is 1. The number of ketones is 1. The highest BCUT2D eigenvalue weighted by Gasteiger charge is 2.07. The molecule has 1 atom stereocenters. The van der Waals surface area contributed by atoms with Gasteiger partial charge in [-0.3, -0.25) is 4.79 Å². The van der Waals surface area contributed by atoms with E-state index in [4.69, 9.17) is 0 Å². The number of carbonyl (C=O) groups excluding carboxylic acids is 1. The molecule has 0 bridgehead atoms. The monoisotopic (exact) mass is 450 g/mol. The summed E-state index contributed by atoms with van der Waals surface area (Å²) >= 11 is 2.04. The fourth-order valence-corrected chi connectivity index (χ4v) is 4.89. The summed E-state index contributed by atoms with van der Waals surface area (Å²) in [5, 5.41) is 0.791. The summed E-state index contributed by atoms with van der Waals surface area (Å²) in [6.07, 6.45) is 22.0. The smallest absolute Gasteiger partial charge is 0.185 e. The Labute approximate surface area is 201 Å². The first-order chi connectivity index (χ1) is 15.7. The van der Waals surface area contributed by atoms with Gasteiger partial charge in [-0.15, -0.1) is 0 Å². The lowest BCUT2D eigenvalue weighted by Crippen LogP contribution is -2.03. The number of allylic oxidation sites excluding steroid dienone is 1. The molecular formula is C30H42OS. The molecule has 0 N–H and O–H groups in total. The third-order valence-electron chi connectivity index (χ3n) is 6.17. The van der Waals surface area contributed by atoms with Crippen LogP contribution in [0.15, 0.2) is 60.7 Å². The molecule has 2 rings (SSSR count). The van der Waals surface area contributed by atoms with Crippen LogP contribution in [-0.4, -0.2) is 17.3 Å². The quantitative estimate of drug-likeness (QED) is 0.136. The lowest BCUT2D eigenvalue weighted by molar-refractivity contribution is 0.104. The number of thioether (sulfide) groups is 1. The van der Waals surface area contributed by atoms with Gasteiger partial charge in [0.15, 0.2) is 5.78 Å². The Bertz CT molecular complexity index is 763. The largest absolute Gasteiger partial charge is 0.289 e. The Morgan fingerprint density at radius 1 is 0.812 bits per heavy atom. The van der Waals surface area contributed by atoms with E-state index in [2.05, 4.69) is 25.3 Å². The Hall–Kier alpha value is -1.80. The highest BCUT2D eigenvalue weighted by atomic mass is 32.2. The highest BCUT2D eigenvalue weighted by Crippen LogP contribution is 2.22. The van der Waals surface area contributed by atoms with E-state index in [-0.39, 0.29) is 5.78 Å². The summed E-state index contributed by atoms with van der Waals surface area (Å²) in [7, 11) is 0. The van der Waals surface area contributed by atoms with Crippen molar-refractivity contribution >= 4 is 23.6 Å².